The third-order valence-electron chi connectivity index (χ3n) is 4.17. The van der Waals surface area contributed by atoms with Gasteiger partial charge in [-0.25, -0.2) is 4.98 Å². The van der Waals surface area contributed by atoms with Crippen LogP contribution < -0.4 is 9.47 Å². The molecule has 0 aliphatic carbocycles. The Bertz CT molecular complexity index is 829. The largest absolute Gasteiger partial charge is 0.497 e. The fraction of sp³-hybridized carbons (Fsp3) is 0.350. The number of nitrogens with zero attached hydrogens (tertiary/aromatic N) is 2. The average molecular weight is 340 g/mol. The standard InChI is InChI=1S/C20H24N2O3/c1-3-7-19(23)20-21-17-10-4-5-11-18(17)22(20)12-13-25-16-9-6-8-15(14-16)24-2/h4-6,8-11,14,19,23H,3,7,12-13H2,1-2H3/t19-/m1/s1. The van der Waals surface area contributed by atoms with E-state index < -0.39 is 6.10 Å². The normalized spacial score (nSPS) is 12.3. The van der Waals surface area contributed by atoms with Gasteiger partial charge >= 0.3 is 0 Å². The number of aliphatic hydroxyl groups is 1. The van der Waals surface area contributed by atoms with E-state index in [1.165, 1.54) is 0 Å². The average Bonchev–Trinajstić information content (AvgIpc) is 3.01. The first-order chi connectivity index (χ1) is 12.2. The van der Waals surface area contributed by atoms with Gasteiger partial charge in [-0.2, -0.15) is 0 Å². The molecule has 3 aromatic rings. The van der Waals surface area contributed by atoms with E-state index in [9.17, 15) is 5.11 Å². The minimum absolute atomic E-state index is 0.485. The van der Waals surface area contributed by atoms with E-state index in [-0.39, 0.29) is 0 Å². The predicted octanol–water partition coefficient (Wildman–Crippen LogP) is 3.96. The van der Waals surface area contributed by atoms with Crippen LogP contribution in [0.4, 0.5) is 0 Å². The van der Waals surface area contributed by atoms with Crippen LogP contribution in [0.15, 0.2) is 48.5 Å². The molecule has 25 heavy (non-hydrogen) atoms. The van der Waals surface area contributed by atoms with Crippen molar-refractivity contribution in [2.75, 3.05) is 13.7 Å². The molecule has 5 nitrogen and oxygen atoms in total. The van der Waals surface area contributed by atoms with E-state index >= 15 is 0 Å². The first kappa shape index (κ1) is 17.3. The van der Waals surface area contributed by atoms with Crippen LogP contribution in [0.3, 0.4) is 0 Å². The maximum atomic E-state index is 10.4. The number of rotatable bonds is 8. The van der Waals surface area contributed by atoms with Crippen molar-refractivity contribution in [2.24, 2.45) is 0 Å². The Labute approximate surface area is 147 Å². The molecule has 0 aliphatic rings. The van der Waals surface area contributed by atoms with Crippen LogP contribution in [0.5, 0.6) is 11.5 Å². The lowest BCUT2D eigenvalue weighted by atomic mass is 10.2. The smallest absolute Gasteiger partial charge is 0.138 e. The molecule has 0 radical (unpaired) electrons. The number of methoxy groups -OCH3 is 1. The molecule has 0 saturated carbocycles. The van der Waals surface area contributed by atoms with Crippen molar-refractivity contribution in [3.8, 4) is 11.5 Å². The first-order valence-electron chi connectivity index (χ1n) is 8.63. The van der Waals surface area contributed by atoms with Crippen LogP contribution in [0.25, 0.3) is 11.0 Å². The first-order valence-corrected chi connectivity index (χ1v) is 8.63. The minimum atomic E-state index is -0.561. The minimum Gasteiger partial charge on any atom is -0.497 e. The van der Waals surface area contributed by atoms with Gasteiger partial charge in [0.15, 0.2) is 0 Å². The lowest BCUT2D eigenvalue weighted by Crippen LogP contribution is -2.14. The monoisotopic (exact) mass is 340 g/mol. The molecule has 2 aromatic carbocycles. The molecule has 5 heteroatoms. The van der Waals surface area contributed by atoms with Crippen molar-refractivity contribution >= 4 is 11.0 Å². The van der Waals surface area contributed by atoms with Crippen LogP contribution in [0.1, 0.15) is 31.7 Å². The van der Waals surface area contributed by atoms with E-state index in [1.807, 2.05) is 48.5 Å². The molecule has 0 fully saturated rings. The molecule has 0 amide bonds. The summed E-state index contributed by atoms with van der Waals surface area (Å²) in [5.41, 5.74) is 1.91. The second-order valence-electron chi connectivity index (χ2n) is 5.94. The second kappa shape index (κ2) is 8.03. The van der Waals surface area contributed by atoms with Gasteiger partial charge in [0, 0.05) is 6.07 Å². The number of imidazole rings is 1. The molecule has 1 atom stereocenters. The molecule has 0 bridgehead atoms. The maximum absolute atomic E-state index is 10.4. The zero-order valence-electron chi connectivity index (χ0n) is 14.7. The van der Waals surface area contributed by atoms with E-state index in [1.54, 1.807) is 7.11 Å². The third-order valence-corrected chi connectivity index (χ3v) is 4.17. The number of hydrogen-bond acceptors (Lipinski definition) is 4. The topological polar surface area (TPSA) is 56.5 Å². The van der Waals surface area contributed by atoms with Gasteiger partial charge in [-0.05, 0) is 30.7 Å². The lowest BCUT2D eigenvalue weighted by Gasteiger charge is -2.14. The van der Waals surface area contributed by atoms with Crippen molar-refractivity contribution in [2.45, 2.75) is 32.4 Å². The summed E-state index contributed by atoms with van der Waals surface area (Å²) in [6.07, 6.45) is 1.04. The van der Waals surface area contributed by atoms with Crippen molar-refractivity contribution in [1.29, 1.82) is 0 Å². The highest BCUT2D eigenvalue weighted by Crippen LogP contribution is 2.24. The van der Waals surface area contributed by atoms with E-state index in [0.717, 1.165) is 29.0 Å². The summed E-state index contributed by atoms with van der Waals surface area (Å²) in [6, 6.07) is 15.5. The van der Waals surface area contributed by atoms with Gasteiger partial charge in [-0.3, -0.25) is 0 Å². The van der Waals surface area contributed by atoms with Gasteiger partial charge in [0.05, 0.1) is 24.7 Å². The number of fused-ring (bicyclic) bond motifs is 1. The second-order valence-corrected chi connectivity index (χ2v) is 5.94. The summed E-state index contributed by atoms with van der Waals surface area (Å²) in [4.78, 5) is 4.62. The Morgan fingerprint density at radius 2 is 1.92 bits per heavy atom. The lowest BCUT2D eigenvalue weighted by molar-refractivity contribution is 0.151. The van der Waals surface area contributed by atoms with Crippen molar-refractivity contribution < 1.29 is 14.6 Å². The zero-order chi connectivity index (χ0) is 17.6. The van der Waals surface area contributed by atoms with Crippen LogP contribution in [0, 0.1) is 0 Å². The molecule has 1 N–H and O–H groups in total. The number of aliphatic hydroxyl groups excluding tert-OH is 1. The molecular formula is C20H24N2O3. The summed E-state index contributed by atoms with van der Waals surface area (Å²) in [5, 5.41) is 10.4. The summed E-state index contributed by atoms with van der Waals surface area (Å²) in [7, 11) is 1.64. The third kappa shape index (κ3) is 3.94. The predicted molar refractivity (Wildman–Crippen MR) is 98.1 cm³/mol. The number of para-hydroxylation sites is 2. The Hall–Kier alpha value is -2.53. The van der Waals surface area contributed by atoms with Crippen LogP contribution in [-0.2, 0) is 6.54 Å². The Morgan fingerprint density at radius 3 is 2.72 bits per heavy atom. The van der Waals surface area contributed by atoms with Gasteiger partial charge < -0.3 is 19.1 Å². The molecule has 0 saturated heterocycles. The number of aromatic nitrogens is 2. The zero-order valence-corrected chi connectivity index (χ0v) is 14.7. The van der Waals surface area contributed by atoms with E-state index in [0.29, 0.717) is 25.4 Å². The van der Waals surface area contributed by atoms with Gasteiger partial charge in [-0.15, -0.1) is 0 Å². The number of hydrogen-bond donors (Lipinski definition) is 1. The molecule has 1 heterocycles. The number of benzene rings is 2. The van der Waals surface area contributed by atoms with Crippen LogP contribution in [0.2, 0.25) is 0 Å². The van der Waals surface area contributed by atoms with Crippen LogP contribution in [-0.4, -0.2) is 28.4 Å². The Kier molecular flexibility index (Phi) is 5.56. The van der Waals surface area contributed by atoms with Gasteiger partial charge in [0.1, 0.15) is 30.0 Å². The molecule has 132 valence electrons. The molecule has 1 aromatic heterocycles. The molecule has 0 aliphatic heterocycles. The van der Waals surface area contributed by atoms with Crippen molar-refractivity contribution in [1.82, 2.24) is 9.55 Å². The summed E-state index contributed by atoms with van der Waals surface area (Å²) in [5.74, 6) is 2.24. The van der Waals surface area contributed by atoms with E-state index in [2.05, 4.69) is 16.5 Å². The summed E-state index contributed by atoms with van der Waals surface area (Å²) >= 11 is 0. The highest BCUT2D eigenvalue weighted by molar-refractivity contribution is 5.76. The van der Waals surface area contributed by atoms with Gasteiger partial charge in [0.2, 0.25) is 0 Å². The van der Waals surface area contributed by atoms with Gasteiger partial charge in [-0.1, -0.05) is 31.5 Å². The molecule has 0 unspecified atom stereocenters. The highest BCUT2D eigenvalue weighted by Gasteiger charge is 2.17. The Morgan fingerprint density at radius 1 is 1.12 bits per heavy atom. The van der Waals surface area contributed by atoms with Crippen LogP contribution >= 0.6 is 0 Å². The quantitative estimate of drug-likeness (QED) is 0.674. The molecular weight excluding hydrogens is 316 g/mol. The van der Waals surface area contributed by atoms with Gasteiger partial charge in [0.25, 0.3) is 0 Å². The molecule has 0 spiro atoms. The highest BCUT2D eigenvalue weighted by atomic mass is 16.5. The fourth-order valence-electron chi connectivity index (χ4n) is 2.93. The molecule has 3 rings (SSSR count). The fourth-order valence-corrected chi connectivity index (χ4v) is 2.93. The summed E-state index contributed by atoms with van der Waals surface area (Å²) < 4.78 is 13.1. The van der Waals surface area contributed by atoms with Crippen molar-refractivity contribution in [3.05, 3.63) is 54.4 Å². The van der Waals surface area contributed by atoms with E-state index in [4.69, 9.17) is 9.47 Å². The maximum Gasteiger partial charge on any atom is 0.138 e. The van der Waals surface area contributed by atoms with Crippen molar-refractivity contribution in [3.63, 3.8) is 0 Å². The summed E-state index contributed by atoms with van der Waals surface area (Å²) in [6.45, 7) is 3.16. The Balaban J connectivity index is 1.78. The number of ether oxygens (including phenoxy) is 2. The SMILES string of the molecule is CCC[C@@H](O)c1nc2ccccc2n1CCOc1cccc(OC)c1.